The maximum absolute atomic E-state index is 13.1. The second-order valence-electron chi connectivity index (χ2n) is 9.72. The van der Waals surface area contributed by atoms with Crippen LogP contribution in [0.1, 0.15) is 42.0 Å². The fraction of sp³-hybridized carbons (Fsp3) is 0.310. The minimum absolute atomic E-state index is 0.0118. The molecule has 1 fully saturated rings. The Balaban J connectivity index is 1.13. The molecule has 4 aromatic rings. The number of benzene rings is 2. The van der Waals surface area contributed by atoms with Crippen LogP contribution in [0, 0.1) is 12.8 Å². The van der Waals surface area contributed by atoms with Crippen LogP contribution in [0.2, 0.25) is 0 Å². The maximum atomic E-state index is 13.1. The number of anilines is 1. The predicted octanol–water partition coefficient (Wildman–Crippen LogP) is 5.13. The Bertz CT molecular complexity index is 1370. The third-order valence-electron chi connectivity index (χ3n) is 7.37. The Labute approximate surface area is 210 Å². The van der Waals surface area contributed by atoms with Gasteiger partial charge in [0, 0.05) is 30.8 Å². The lowest BCUT2D eigenvalue weighted by Crippen LogP contribution is -2.41. The summed E-state index contributed by atoms with van der Waals surface area (Å²) in [6.45, 7) is 3.55. The van der Waals surface area contributed by atoms with E-state index in [-0.39, 0.29) is 17.9 Å². The molecule has 2 aromatic heterocycles. The molecule has 7 nitrogen and oxygen atoms in total. The molecule has 3 heterocycles. The molecule has 1 aliphatic carbocycles. The molecule has 0 unspecified atom stereocenters. The van der Waals surface area contributed by atoms with Crippen LogP contribution < -0.4 is 10.2 Å². The molecule has 36 heavy (non-hydrogen) atoms. The van der Waals surface area contributed by atoms with Crippen LogP contribution in [0.25, 0.3) is 22.8 Å². The van der Waals surface area contributed by atoms with Gasteiger partial charge in [0.15, 0.2) is 0 Å². The predicted molar refractivity (Wildman–Crippen MR) is 138 cm³/mol. The quantitative estimate of drug-likeness (QED) is 0.427. The number of fused-ring (bicyclic) bond motifs is 1. The normalized spacial score (nSPS) is 17.7. The summed E-state index contributed by atoms with van der Waals surface area (Å²) in [4.78, 5) is 24.6. The highest BCUT2D eigenvalue weighted by molar-refractivity contribution is 5.80. The Morgan fingerprint density at radius 2 is 1.81 bits per heavy atom. The summed E-state index contributed by atoms with van der Waals surface area (Å²) in [5, 5.41) is 7.51. The number of pyridine rings is 1. The summed E-state index contributed by atoms with van der Waals surface area (Å²) in [7, 11) is 0. The van der Waals surface area contributed by atoms with Crippen LogP contribution in [0.3, 0.4) is 0 Å². The van der Waals surface area contributed by atoms with Crippen LogP contribution in [0.5, 0.6) is 0 Å². The highest BCUT2D eigenvalue weighted by atomic mass is 16.5. The van der Waals surface area contributed by atoms with E-state index in [1.165, 1.54) is 16.7 Å². The fourth-order valence-corrected chi connectivity index (χ4v) is 5.32. The van der Waals surface area contributed by atoms with Crippen LogP contribution in [-0.4, -0.2) is 34.1 Å². The zero-order chi connectivity index (χ0) is 24.5. The summed E-state index contributed by atoms with van der Waals surface area (Å²) in [5.74, 6) is 2.01. The van der Waals surface area contributed by atoms with E-state index in [2.05, 4.69) is 49.6 Å². The fourth-order valence-electron chi connectivity index (χ4n) is 5.32. The number of amides is 1. The van der Waals surface area contributed by atoms with Gasteiger partial charge in [0.05, 0.1) is 11.6 Å². The van der Waals surface area contributed by atoms with Gasteiger partial charge in [-0.3, -0.25) is 4.79 Å². The van der Waals surface area contributed by atoms with Crippen molar-refractivity contribution in [3.8, 4) is 22.8 Å². The lowest BCUT2D eigenvalue weighted by Gasteiger charge is -2.33. The van der Waals surface area contributed by atoms with E-state index < -0.39 is 0 Å². The first-order chi connectivity index (χ1) is 17.7. The number of carbonyl (C=O) groups excluding carboxylic acids is 1. The van der Waals surface area contributed by atoms with E-state index in [1.54, 1.807) is 6.20 Å². The van der Waals surface area contributed by atoms with Crippen LogP contribution in [-0.2, 0) is 11.2 Å². The smallest absolute Gasteiger partial charge is 0.261 e. The number of hydrogen-bond donors (Lipinski definition) is 1. The average Bonchev–Trinajstić information content (AvgIpc) is 3.57. The largest absolute Gasteiger partial charge is 0.356 e. The summed E-state index contributed by atoms with van der Waals surface area (Å²) in [6, 6.07) is 20.5. The number of hydrogen-bond acceptors (Lipinski definition) is 6. The molecule has 7 heteroatoms. The third-order valence-corrected chi connectivity index (χ3v) is 7.37. The number of aryl methyl sites for hydroxylation is 2. The molecule has 1 amide bonds. The summed E-state index contributed by atoms with van der Waals surface area (Å²) < 4.78 is 5.64. The Hall–Kier alpha value is -4.00. The van der Waals surface area contributed by atoms with Gasteiger partial charge in [-0.1, -0.05) is 59.3 Å². The average molecular weight is 480 g/mol. The molecule has 1 atom stereocenters. The van der Waals surface area contributed by atoms with E-state index in [0.29, 0.717) is 11.7 Å². The standard InChI is InChI=1S/C29H29N5O2/c1-19-8-10-21(11-9-19)26-32-29(36-33-26)24-7-4-16-30-27(24)34-17-14-22(15-18-34)28(35)31-25-13-12-20-5-2-3-6-23(20)25/h2-11,16,22,25H,12-15,17-18H2,1H3,(H,31,35)/t25-/m0/s1. The van der Waals surface area contributed by atoms with Crippen molar-refractivity contribution in [2.45, 2.75) is 38.6 Å². The maximum Gasteiger partial charge on any atom is 0.261 e. The lowest BCUT2D eigenvalue weighted by molar-refractivity contribution is -0.126. The second kappa shape index (κ2) is 9.57. The first kappa shape index (κ1) is 22.5. The molecule has 0 saturated carbocycles. The topological polar surface area (TPSA) is 84.2 Å². The molecular formula is C29H29N5O2. The number of aromatic nitrogens is 3. The monoisotopic (exact) mass is 479 g/mol. The van der Waals surface area contributed by atoms with E-state index in [0.717, 1.165) is 55.7 Å². The van der Waals surface area contributed by atoms with Gasteiger partial charge in [-0.15, -0.1) is 0 Å². The Kier molecular flexibility index (Phi) is 5.97. The van der Waals surface area contributed by atoms with Crippen molar-refractivity contribution in [2.24, 2.45) is 5.92 Å². The third kappa shape index (κ3) is 4.37. The molecule has 2 aromatic carbocycles. The molecule has 1 saturated heterocycles. The Morgan fingerprint density at radius 3 is 2.64 bits per heavy atom. The van der Waals surface area contributed by atoms with Crippen molar-refractivity contribution in [3.05, 3.63) is 83.6 Å². The number of rotatable bonds is 5. The van der Waals surface area contributed by atoms with E-state index in [4.69, 9.17) is 4.52 Å². The first-order valence-corrected chi connectivity index (χ1v) is 12.6. The van der Waals surface area contributed by atoms with Gasteiger partial charge in [0.1, 0.15) is 5.82 Å². The van der Waals surface area contributed by atoms with Gasteiger partial charge >= 0.3 is 0 Å². The van der Waals surface area contributed by atoms with Gasteiger partial charge in [-0.25, -0.2) is 4.98 Å². The molecule has 1 N–H and O–H groups in total. The first-order valence-electron chi connectivity index (χ1n) is 12.6. The van der Waals surface area contributed by atoms with Crippen molar-refractivity contribution in [1.82, 2.24) is 20.4 Å². The molecule has 1 aliphatic heterocycles. The van der Waals surface area contributed by atoms with Crippen LogP contribution >= 0.6 is 0 Å². The van der Waals surface area contributed by atoms with E-state index in [9.17, 15) is 4.79 Å². The van der Waals surface area contributed by atoms with Crippen molar-refractivity contribution >= 4 is 11.7 Å². The van der Waals surface area contributed by atoms with Crippen molar-refractivity contribution in [1.29, 1.82) is 0 Å². The Morgan fingerprint density at radius 1 is 1.00 bits per heavy atom. The number of nitrogens with one attached hydrogen (secondary N) is 1. The summed E-state index contributed by atoms with van der Waals surface area (Å²) in [6.07, 6.45) is 5.37. The van der Waals surface area contributed by atoms with Crippen molar-refractivity contribution in [2.75, 3.05) is 18.0 Å². The van der Waals surface area contributed by atoms with Gasteiger partial charge < -0.3 is 14.7 Å². The second-order valence-corrected chi connectivity index (χ2v) is 9.72. The highest BCUT2D eigenvalue weighted by Crippen LogP contribution is 2.34. The molecule has 182 valence electrons. The number of nitrogens with zero attached hydrogens (tertiary/aromatic N) is 4. The highest BCUT2D eigenvalue weighted by Gasteiger charge is 2.30. The summed E-state index contributed by atoms with van der Waals surface area (Å²) >= 11 is 0. The molecule has 0 bridgehead atoms. The molecule has 0 spiro atoms. The van der Waals surface area contributed by atoms with Crippen LogP contribution in [0.15, 0.2) is 71.4 Å². The van der Waals surface area contributed by atoms with E-state index >= 15 is 0 Å². The van der Waals surface area contributed by atoms with E-state index in [1.807, 2.05) is 43.3 Å². The number of piperidine rings is 1. The van der Waals surface area contributed by atoms with Crippen molar-refractivity contribution < 1.29 is 9.32 Å². The number of carbonyl (C=O) groups is 1. The lowest BCUT2D eigenvalue weighted by atomic mass is 9.95. The zero-order valence-corrected chi connectivity index (χ0v) is 20.4. The van der Waals surface area contributed by atoms with Gasteiger partial charge in [-0.05, 0) is 55.9 Å². The van der Waals surface area contributed by atoms with Gasteiger partial charge in [-0.2, -0.15) is 4.98 Å². The van der Waals surface area contributed by atoms with Crippen LogP contribution in [0.4, 0.5) is 5.82 Å². The summed E-state index contributed by atoms with van der Waals surface area (Å²) in [5.41, 5.74) is 5.53. The minimum Gasteiger partial charge on any atom is -0.356 e. The van der Waals surface area contributed by atoms with Gasteiger partial charge in [0.25, 0.3) is 5.89 Å². The molecular weight excluding hydrogens is 450 g/mol. The van der Waals surface area contributed by atoms with Crippen molar-refractivity contribution in [3.63, 3.8) is 0 Å². The minimum atomic E-state index is 0.0118. The molecule has 0 radical (unpaired) electrons. The van der Waals surface area contributed by atoms with Gasteiger partial charge in [0.2, 0.25) is 11.7 Å². The molecule has 2 aliphatic rings. The zero-order valence-electron chi connectivity index (χ0n) is 20.4. The SMILES string of the molecule is Cc1ccc(-c2noc(-c3cccnc3N3CCC(C(=O)N[C@H]4CCc5ccccc54)CC3)n2)cc1. The molecule has 6 rings (SSSR count).